The van der Waals surface area contributed by atoms with E-state index in [9.17, 15) is 4.39 Å². The highest BCUT2D eigenvalue weighted by atomic mass is 32.1. The SMILES string of the molecule is Fc1cncc(-c2nc3ccccc3s2)c1. The van der Waals surface area contributed by atoms with Gasteiger partial charge in [0.2, 0.25) is 0 Å². The first-order valence-corrected chi connectivity index (χ1v) is 5.61. The quantitative estimate of drug-likeness (QED) is 0.639. The van der Waals surface area contributed by atoms with E-state index in [0.29, 0.717) is 0 Å². The summed E-state index contributed by atoms with van der Waals surface area (Å²) >= 11 is 1.54. The van der Waals surface area contributed by atoms with Gasteiger partial charge in [0.05, 0.1) is 16.4 Å². The summed E-state index contributed by atoms with van der Waals surface area (Å²) in [6, 6.07) is 9.31. The summed E-state index contributed by atoms with van der Waals surface area (Å²) in [5, 5.41) is 0.799. The van der Waals surface area contributed by atoms with Crippen LogP contribution >= 0.6 is 11.3 Å². The van der Waals surface area contributed by atoms with Crippen LogP contribution < -0.4 is 0 Å². The van der Waals surface area contributed by atoms with E-state index in [1.807, 2.05) is 24.3 Å². The van der Waals surface area contributed by atoms with E-state index in [1.54, 1.807) is 17.5 Å². The summed E-state index contributed by atoms with van der Waals surface area (Å²) in [7, 11) is 0. The molecule has 0 amide bonds. The van der Waals surface area contributed by atoms with Gasteiger partial charge < -0.3 is 0 Å². The largest absolute Gasteiger partial charge is 0.261 e. The first-order valence-electron chi connectivity index (χ1n) is 4.79. The van der Waals surface area contributed by atoms with Gasteiger partial charge in [0.25, 0.3) is 0 Å². The zero-order chi connectivity index (χ0) is 11.0. The number of halogens is 1. The number of fused-ring (bicyclic) bond motifs is 1. The molecule has 0 unspecified atom stereocenters. The van der Waals surface area contributed by atoms with Crippen LogP contribution in [-0.4, -0.2) is 9.97 Å². The number of hydrogen-bond donors (Lipinski definition) is 0. The van der Waals surface area contributed by atoms with Crippen molar-refractivity contribution in [3.63, 3.8) is 0 Å². The molecule has 3 aromatic rings. The number of thiazole rings is 1. The summed E-state index contributed by atoms with van der Waals surface area (Å²) in [5.41, 5.74) is 1.66. The second-order valence-corrected chi connectivity index (χ2v) is 4.41. The highest BCUT2D eigenvalue weighted by Crippen LogP contribution is 2.29. The number of rotatable bonds is 1. The van der Waals surface area contributed by atoms with Crippen LogP contribution in [0, 0.1) is 5.82 Å². The first kappa shape index (κ1) is 9.42. The van der Waals surface area contributed by atoms with Crippen LogP contribution in [0.2, 0.25) is 0 Å². The lowest BCUT2D eigenvalue weighted by atomic mass is 10.3. The number of para-hydroxylation sites is 1. The van der Waals surface area contributed by atoms with Crippen molar-refractivity contribution < 1.29 is 4.39 Å². The lowest BCUT2D eigenvalue weighted by Crippen LogP contribution is -1.81. The van der Waals surface area contributed by atoms with Crippen LogP contribution in [-0.2, 0) is 0 Å². The van der Waals surface area contributed by atoms with E-state index in [2.05, 4.69) is 9.97 Å². The molecular weight excluding hydrogens is 223 g/mol. The molecule has 0 saturated heterocycles. The third-order valence-corrected chi connectivity index (χ3v) is 3.33. The molecule has 0 atom stereocenters. The van der Waals surface area contributed by atoms with Gasteiger partial charge in [-0.1, -0.05) is 12.1 Å². The third kappa shape index (κ3) is 1.57. The molecule has 2 aromatic heterocycles. The molecule has 2 heterocycles. The standard InChI is InChI=1S/C12H7FN2S/c13-9-5-8(6-14-7-9)12-15-10-3-1-2-4-11(10)16-12/h1-7H. The van der Waals surface area contributed by atoms with E-state index in [4.69, 9.17) is 0 Å². The van der Waals surface area contributed by atoms with E-state index in [0.717, 1.165) is 20.8 Å². The van der Waals surface area contributed by atoms with Gasteiger partial charge in [0, 0.05) is 11.8 Å². The molecule has 0 bridgehead atoms. The molecule has 0 aliphatic heterocycles. The van der Waals surface area contributed by atoms with E-state index < -0.39 is 0 Å². The molecule has 4 heteroatoms. The van der Waals surface area contributed by atoms with Crippen molar-refractivity contribution in [2.75, 3.05) is 0 Å². The van der Waals surface area contributed by atoms with Crippen LogP contribution in [0.25, 0.3) is 20.8 Å². The van der Waals surface area contributed by atoms with Gasteiger partial charge >= 0.3 is 0 Å². The maximum absolute atomic E-state index is 13.0. The smallest absolute Gasteiger partial charge is 0.142 e. The van der Waals surface area contributed by atoms with Gasteiger partial charge in [-0.3, -0.25) is 4.98 Å². The van der Waals surface area contributed by atoms with Crippen LogP contribution in [0.5, 0.6) is 0 Å². The van der Waals surface area contributed by atoms with Crippen molar-refractivity contribution in [3.8, 4) is 10.6 Å². The minimum atomic E-state index is -0.336. The van der Waals surface area contributed by atoms with Gasteiger partial charge in [0.1, 0.15) is 10.8 Å². The zero-order valence-corrected chi connectivity index (χ0v) is 9.04. The summed E-state index contributed by atoms with van der Waals surface area (Å²) in [6.07, 6.45) is 2.82. The molecule has 0 N–H and O–H groups in total. The number of hydrogen-bond acceptors (Lipinski definition) is 3. The Morgan fingerprint density at radius 2 is 2.00 bits per heavy atom. The summed E-state index contributed by atoms with van der Waals surface area (Å²) in [6.45, 7) is 0. The Balaban J connectivity index is 2.19. The first-order chi connectivity index (χ1) is 7.83. The summed E-state index contributed by atoms with van der Waals surface area (Å²) in [4.78, 5) is 8.26. The minimum Gasteiger partial charge on any atom is -0.261 e. The van der Waals surface area contributed by atoms with Gasteiger partial charge in [-0.05, 0) is 18.2 Å². The lowest BCUT2D eigenvalue weighted by Gasteiger charge is -1.93. The monoisotopic (exact) mass is 230 g/mol. The zero-order valence-electron chi connectivity index (χ0n) is 8.22. The van der Waals surface area contributed by atoms with Gasteiger partial charge in [-0.25, -0.2) is 9.37 Å². The number of pyridine rings is 1. The molecule has 0 aliphatic carbocycles. The molecule has 1 aromatic carbocycles. The van der Waals surface area contributed by atoms with Crippen molar-refractivity contribution in [1.82, 2.24) is 9.97 Å². The number of nitrogens with zero attached hydrogens (tertiary/aromatic N) is 2. The van der Waals surface area contributed by atoms with Gasteiger partial charge in [-0.15, -0.1) is 11.3 Å². The van der Waals surface area contributed by atoms with Crippen molar-refractivity contribution in [2.24, 2.45) is 0 Å². The van der Waals surface area contributed by atoms with Crippen LogP contribution in [0.1, 0.15) is 0 Å². The topological polar surface area (TPSA) is 25.8 Å². The molecule has 0 aliphatic rings. The number of benzene rings is 1. The highest BCUT2D eigenvalue weighted by molar-refractivity contribution is 7.21. The van der Waals surface area contributed by atoms with E-state index in [1.165, 1.54) is 12.3 Å². The fourth-order valence-corrected chi connectivity index (χ4v) is 2.47. The van der Waals surface area contributed by atoms with Crippen molar-refractivity contribution in [1.29, 1.82) is 0 Å². The normalized spacial score (nSPS) is 10.8. The lowest BCUT2D eigenvalue weighted by molar-refractivity contribution is 0.622. The second-order valence-electron chi connectivity index (χ2n) is 3.38. The molecule has 0 spiro atoms. The third-order valence-electron chi connectivity index (χ3n) is 2.25. The van der Waals surface area contributed by atoms with Crippen LogP contribution in [0.4, 0.5) is 4.39 Å². The Morgan fingerprint density at radius 3 is 2.81 bits per heavy atom. The average molecular weight is 230 g/mol. The molecule has 2 nitrogen and oxygen atoms in total. The summed E-state index contributed by atoms with van der Waals surface area (Å²) < 4.78 is 14.1. The minimum absolute atomic E-state index is 0.336. The maximum atomic E-state index is 13.0. The fraction of sp³-hybridized carbons (Fsp3) is 0. The average Bonchev–Trinajstić information content (AvgIpc) is 2.72. The molecular formula is C12H7FN2S. The molecule has 0 radical (unpaired) electrons. The fourth-order valence-electron chi connectivity index (χ4n) is 1.52. The Bertz CT molecular complexity index is 615. The van der Waals surface area contributed by atoms with Crippen molar-refractivity contribution in [3.05, 3.63) is 48.5 Å². The number of aromatic nitrogens is 2. The van der Waals surface area contributed by atoms with Crippen molar-refractivity contribution in [2.45, 2.75) is 0 Å². The molecule has 0 saturated carbocycles. The van der Waals surface area contributed by atoms with Gasteiger partial charge in [-0.2, -0.15) is 0 Å². The molecule has 0 fully saturated rings. The Kier molecular flexibility index (Phi) is 2.15. The highest BCUT2D eigenvalue weighted by Gasteiger charge is 2.06. The van der Waals surface area contributed by atoms with Crippen LogP contribution in [0.15, 0.2) is 42.7 Å². The second kappa shape index (κ2) is 3.64. The Hall–Kier alpha value is -1.81. The Morgan fingerprint density at radius 1 is 1.12 bits per heavy atom. The maximum Gasteiger partial charge on any atom is 0.142 e. The van der Waals surface area contributed by atoms with E-state index in [-0.39, 0.29) is 5.82 Å². The van der Waals surface area contributed by atoms with Gasteiger partial charge in [0.15, 0.2) is 0 Å². The summed E-state index contributed by atoms with van der Waals surface area (Å²) in [5.74, 6) is -0.336. The predicted octanol–water partition coefficient (Wildman–Crippen LogP) is 3.50. The van der Waals surface area contributed by atoms with Crippen LogP contribution in [0.3, 0.4) is 0 Å². The van der Waals surface area contributed by atoms with E-state index >= 15 is 0 Å². The molecule has 3 rings (SSSR count). The Labute approximate surface area is 95.4 Å². The van der Waals surface area contributed by atoms with Crippen molar-refractivity contribution >= 4 is 21.6 Å². The molecule has 16 heavy (non-hydrogen) atoms. The predicted molar refractivity (Wildman–Crippen MR) is 62.8 cm³/mol. The molecule has 78 valence electrons.